The van der Waals surface area contributed by atoms with E-state index in [0.29, 0.717) is 12.6 Å². The first-order valence-electron chi connectivity index (χ1n) is 6.14. The smallest absolute Gasteiger partial charge is 0.124 e. The zero-order chi connectivity index (χ0) is 12.8. The van der Waals surface area contributed by atoms with Crippen LogP contribution in [0.2, 0.25) is 0 Å². The molecule has 0 heterocycles. The van der Waals surface area contributed by atoms with Crippen molar-refractivity contribution >= 4 is 0 Å². The highest BCUT2D eigenvalue weighted by Gasteiger charge is 2.13. The fourth-order valence-corrected chi connectivity index (χ4v) is 1.68. The number of ether oxygens (including phenoxy) is 1. The maximum atomic E-state index is 10.2. The molecule has 0 aliphatic rings. The molecule has 2 N–H and O–H groups in total. The van der Waals surface area contributed by atoms with E-state index in [4.69, 9.17) is 4.74 Å². The van der Waals surface area contributed by atoms with Crippen molar-refractivity contribution in [2.75, 3.05) is 13.7 Å². The average molecular weight is 237 g/mol. The van der Waals surface area contributed by atoms with Gasteiger partial charge in [0.1, 0.15) is 5.75 Å². The number of hydrogen-bond acceptors (Lipinski definition) is 3. The Labute approximate surface area is 104 Å². The van der Waals surface area contributed by atoms with Crippen LogP contribution in [0.25, 0.3) is 0 Å². The normalized spacial score (nSPS) is 14.4. The fourth-order valence-electron chi connectivity index (χ4n) is 1.68. The second-order valence-corrected chi connectivity index (χ2v) is 4.48. The molecule has 0 spiro atoms. The van der Waals surface area contributed by atoms with Crippen molar-refractivity contribution in [1.82, 2.24) is 5.32 Å². The predicted octanol–water partition coefficient (Wildman–Crippen LogP) is 2.43. The molecule has 1 aromatic carbocycles. The van der Waals surface area contributed by atoms with E-state index >= 15 is 0 Å². The van der Waals surface area contributed by atoms with Gasteiger partial charge >= 0.3 is 0 Å². The minimum Gasteiger partial charge on any atom is -0.496 e. The molecule has 0 aliphatic carbocycles. The first-order valence-corrected chi connectivity index (χ1v) is 6.14. The lowest BCUT2D eigenvalue weighted by Crippen LogP contribution is -2.29. The molecular formula is C14H23NO2. The van der Waals surface area contributed by atoms with Crippen molar-refractivity contribution in [1.29, 1.82) is 0 Å². The van der Waals surface area contributed by atoms with E-state index in [2.05, 4.69) is 19.2 Å². The van der Waals surface area contributed by atoms with Gasteiger partial charge in [-0.15, -0.1) is 0 Å². The largest absolute Gasteiger partial charge is 0.496 e. The van der Waals surface area contributed by atoms with Gasteiger partial charge in [-0.05, 0) is 32.4 Å². The van der Waals surface area contributed by atoms with Crippen molar-refractivity contribution in [3.05, 3.63) is 29.3 Å². The molecule has 1 aromatic rings. The third-order valence-corrected chi connectivity index (χ3v) is 3.02. The van der Waals surface area contributed by atoms with Crippen LogP contribution in [0.4, 0.5) is 0 Å². The van der Waals surface area contributed by atoms with Crippen LogP contribution in [-0.4, -0.2) is 24.8 Å². The highest BCUT2D eigenvalue weighted by atomic mass is 16.5. The molecule has 0 bridgehead atoms. The van der Waals surface area contributed by atoms with Crippen molar-refractivity contribution in [2.45, 2.75) is 39.3 Å². The van der Waals surface area contributed by atoms with E-state index in [0.717, 1.165) is 23.3 Å². The first kappa shape index (κ1) is 14.0. The van der Waals surface area contributed by atoms with Crippen LogP contribution in [0.5, 0.6) is 5.75 Å². The third kappa shape index (κ3) is 4.02. The summed E-state index contributed by atoms with van der Waals surface area (Å²) in [5.41, 5.74) is 1.98. The molecule has 96 valence electrons. The lowest BCUT2D eigenvalue weighted by atomic mass is 10.0. The van der Waals surface area contributed by atoms with Crippen LogP contribution in [0.3, 0.4) is 0 Å². The van der Waals surface area contributed by atoms with Gasteiger partial charge < -0.3 is 15.2 Å². The number of aryl methyl sites for hydroxylation is 1. The SMILES string of the molecule is CCC(C)NCC(O)c1cc(C)ccc1OC. The van der Waals surface area contributed by atoms with Gasteiger partial charge in [-0.3, -0.25) is 0 Å². The molecule has 0 saturated heterocycles. The molecule has 0 radical (unpaired) electrons. The van der Waals surface area contributed by atoms with E-state index in [1.807, 2.05) is 25.1 Å². The van der Waals surface area contributed by atoms with Crippen molar-refractivity contribution in [2.24, 2.45) is 0 Å². The molecule has 0 amide bonds. The number of hydrogen-bond donors (Lipinski definition) is 2. The average Bonchev–Trinajstić information content (AvgIpc) is 2.35. The molecule has 3 nitrogen and oxygen atoms in total. The Balaban J connectivity index is 2.73. The number of rotatable bonds is 6. The summed E-state index contributed by atoms with van der Waals surface area (Å²) in [6.07, 6.45) is 0.524. The zero-order valence-electron chi connectivity index (χ0n) is 11.2. The molecule has 0 aromatic heterocycles. The Morgan fingerprint density at radius 2 is 2.12 bits per heavy atom. The molecule has 0 saturated carbocycles. The minimum atomic E-state index is -0.529. The Bertz CT molecular complexity index is 352. The van der Waals surface area contributed by atoms with Gasteiger partial charge in [0.2, 0.25) is 0 Å². The third-order valence-electron chi connectivity index (χ3n) is 3.02. The fraction of sp³-hybridized carbons (Fsp3) is 0.571. The molecule has 0 fully saturated rings. The van der Waals surface area contributed by atoms with Crippen molar-refractivity contribution in [3.63, 3.8) is 0 Å². The second-order valence-electron chi connectivity index (χ2n) is 4.48. The van der Waals surface area contributed by atoms with Gasteiger partial charge in [0.25, 0.3) is 0 Å². The molecule has 3 heteroatoms. The zero-order valence-corrected chi connectivity index (χ0v) is 11.2. The van der Waals surface area contributed by atoms with Gasteiger partial charge in [0.05, 0.1) is 13.2 Å². The standard InChI is InChI=1S/C14H23NO2/c1-5-11(3)15-9-13(16)12-8-10(2)6-7-14(12)17-4/h6-8,11,13,15-16H,5,9H2,1-4H3. The maximum absolute atomic E-state index is 10.2. The predicted molar refractivity (Wildman–Crippen MR) is 70.4 cm³/mol. The van der Waals surface area contributed by atoms with Crippen LogP contribution < -0.4 is 10.1 Å². The Morgan fingerprint density at radius 1 is 1.41 bits per heavy atom. The molecule has 2 atom stereocenters. The summed E-state index contributed by atoms with van der Waals surface area (Å²) < 4.78 is 5.27. The van der Waals surface area contributed by atoms with Crippen LogP contribution in [0, 0.1) is 6.92 Å². The first-order chi connectivity index (χ1) is 8.08. The maximum Gasteiger partial charge on any atom is 0.124 e. The van der Waals surface area contributed by atoms with Gasteiger partial charge in [0.15, 0.2) is 0 Å². The highest BCUT2D eigenvalue weighted by molar-refractivity contribution is 5.38. The van der Waals surface area contributed by atoms with Crippen LogP contribution >= 0.6 is 0 Å². The van der Waals surface area contributed by atoms with E-state index in [1.54, 1.807) is 7.11 Å². The van der Waals surface area contributed by atoms with E-state index in [9.17, 15) is 5.11 Å². The molecule has 17 heavy (non-hydrogen) atoms. The monoisotopic (exact) mass is 237 g/mol. The lowest BCUT2D eigenvalue weighted by molar-refractivity contribution is 0.166. The van der Waals surface area contributed by atoms with Crippen LogP contribution in [0.1, 0.15) is 37.5 Å². The lowest BCUT2D eigenvalue weighted by Gasteiger charge is -2.18. The highest BCUT2D eigenvalue weighted by Crippen LogP contribution is 2.25. The van der Waals surface area contributed by atoms with E-state index in [1.165, 1.54) is 0 Å². The Hall–Kier alpha value is -1.06. The quantitative estimate of drug-likeness (QED) is 0.798. The van der Waals surface area contributed by atoms with Gasteiger partial charge in [-0.1, -0.05) is 18.6 Å². The summed E-state index contributed by atoms with van der Waals surface area (Å²) in [4.78, 5) is 0. The summed E-state index contributed by atoms with van der Waals surface area (Å²) >= 11 is 0. The molecule has 1 rings (SSSR count). The number of nitrogens with one attached hydrogen (secondary N) is 1. The van der Waals surface area contributed by atoms with Gasteiger partial charge in [0, 0.05) is 18.2 Å². The summed E-state index contributed by atoms with van der Waals surface area (Å²) in [5.74, 6) is 0.744. The van der Waals surface area contributed by atoms with E-state index < -0.39 is 6.10 Å². The molecular weight excluding hydrogens is 214 g/mol. The summed E-state index contributed by atoms with van der Waals surface area (Å²) in [5, 5.41) is 13.5. The summed E-state index contributed by atoms with van der Waals surface area (Å²) in [6.45, 7) is 6.80. The van der Waals surface area contributed by atoms with Crippen LogP contribution in [-0.2, 0) is 0 Å². The topological polar surface area (TPSA) is 41.5 Å². The number of aliphatic hydroxyl groups excluding tert-OH is 1. The number of benzene rings is 1. The van der Waals surface area contributed by atoms with E-state index in [-0.39, 0.29) is 0 Å². The Kier molecular flexibility index (Phi) is 5.45. The van der Waals surface area contributed by atoms with Gasteiger partial charge in [-0.2, -0.15) is 0 Å². The molecule has 2 unspecified atom stereocenters. The van der Waals surface area contributed by atoms with Gasteiger partial charge in [-0.25, -0.2) is 0 Å². The Morgan fingerprint density at radius 3 is 2.71 bits per heavy atom. The number of aliphatic hydroxyl groups is 1. The summed E-state index contributed by atoms with van der Waals surface area (Å²) in [6, 6.07) is 6.27. The number of methoxy groups -OCH3 is 1. The van der Waals surface area contributed by atoms with Crippen molar-refractivity contribution < 1.29 is 9.84 Å². The minimum absolute atomic E-state index is 0.417. The van der Waals surface area contributed by atoms with Crippen molar-refractivity contribution in [3.8, 4) is 5.75 Å². The van der Waals surface area contributed by atoms with Crippen LogP contribution in [0.15, 0.2) is 18.2 Å². The summed E-state index contributed by atoms with van der Waals surface area (Å²) in [7, 11) is 1.63. The molecule has 0 aliphatic heterocycles. The second kappa shape index (κ2) is 6.62.